The van der Waals surface area contributed by atoms with Gasteiger partial charge in [-0.1, -0.05) is 31.1 Å². The van der Waals surface area contributed by atoms with Gasteiger partial charge >= 0.3 is 0 Å². The van der Waals surface area contributed by atoms with Crippen LogP contribution in [0.1, 0.15) is 65.0 Å². The Morgan fingerprint density at radius 3 is 2.50 bits per heavy atom. The Bertz CT molecular complexity index is 932. The fraction of sp³-hybridized carbons (Fsp3) is 0.429. The van der Waals surface area contributed by atoms with E-state index in [1.165, 1.54) is 18.3 Å². The van der Waals surface area contributed by atoms with E-state index >= 15 is 0 Å². The van der Waals surface area contributed by atoms with Crippen molar-refractivity contribution in [2.24, 2.45) is 0 Å². The number of carbonyl (C=O) groups is 2. The fourth-order valence-corrected chi connectivity index (χ4v) is 4.18. The van der Waals surface area contributed by atoms with E-state index in [0.29, 0.717) is 10.7 Å². The third-order valence-electron chi connectivity index (χ3n) is 4.68. The molecule has 0 atom stereocenters. The zero-order chi connectivity index (χ0) is 20.1. The lowest BCUT2D eigenvalue weighted by Crippen LogP contribution is -2.48. The lowest BCUT2D eigenvalue weighted by Gasteiger charge is -2.33. The Hall–Kier alpha value is -2.72. The largest absolute Gasteiger partial charge is 0.335 e. The number of anilines is 1. The van der Waals surface area contributed by atoms with Gasteiger partial charge in [-0.05, 0) is 38.8 Å². The predicted octanol–water partition coefficient (Wildman–Crippen LogP) is 3.60. The molecule has 3 rings (SSSR count). The summed E-state index contributed by atoms with van der Waals surface area (Å²) >= 11 is 1.41. The van der Waals surface area contributed by atoms with Crippen LogP contribution in [0.25, 0.3) is 0 Å². The summed E-state index contributed by atoms with van der Waals surface area (Å²) in [4.78, 5) is 33.2. The van der Waals surface area contributed by atoms with Crippen LogP contribution in [0.3, 0.4) is 0 Å². The average molecular weight is 397 g/mol. The molecule has 2 aromatic rings. The molecule has 0 radical (unpaired) electrons. The number of carbonyl (C=O) groups excluding carboxylic acids is 2. The summed E-state index contributed by atoms with van der Waals surface area (Å²) in [7, 11) is 0. The van der Waals surface area contributed by atoms with Crippen molar-refractivity contribution >= 4 is 29.0 Å². The summed E-state index contributed by atoms with van der Waals surface area (Å²) in [6.45, 7) is 5.21. The van der Waals surface area contributed by atoms with Crippen molar-refractivity contribution in [1.29, 1.82) is 0 Å². The maximum atomic E-state index is 12.8. The molecule has 2 amide bonds. The van der Waals surface area contributed by atoms with Gasteiger partial charge in [0, 0.05) is 18.7 Å². The first-order valence-electron chi connectivity index (χ1n) is 9.40. The average Bonchev–Trinajstić information content (AvgIpc) is 3.00. The Balaban J connectivity index is 1.80. The van der Waals surface area contributed by atoms with Crippen LogP contribution in [0.4, 0.5) is 5.82 Å². The Labute approximate surface area is 169 Å². The van der Waals surface area contributed by atoms with Gasteiger partial charge in [-0.3, -0.25) is 9.59 Å². The molecule has 1 fully saturated rings. The minimum absolute atomic E-state index is 0.0987. The maximum Gasteiger partial charge on any atom is 0.264 e. The highest BCUT2D eigenvalue weighted by molar-refractivity contribution is 7.13. The van der Waals surface area contributed by atoms with Gasteiger partial charge in [-0.2, -0.15) is 0 Å². The van der Waals surface area contributed by atoms with Crippen molar-refractivity contribution in [1.82, 2.24) is 15.3 Å². The molecule has 0 aliphatic heterocycles. The molecule has 146 valence electrons. The molecule has 2 heterocycles. The van der Waals surface area contributed by atoms with Crippen LogP contribution in [-0.2, 0) is 4.79 Å². The number of pyridine rings is 1. The molecule has 2 aromatic heterocycles. The SMILES string of the molecule is CC(=O)Nc1ccc(C#CC2(NC(=O)c3sc(C)nc3C)CCCCC2)cn1. The van der Waals surface area contributed by atoms with Crippen LogP contribution < -0.4 is 10.6 Å². The molecule has 0 saturated heterocycles. The summed E-state index contributed by atoms with van der Waals surface area (Å²) in [5.74, 6) is 6.71. The molecule has 28 heavy (non-hydrogen) atoms. The van der Waals surface area contributed by atoms with Gasteiger partial charge in [0.15, 0.2) is 0 Å². The monoisotopic (exact) mass is 396 g/mol. The quantitative estimate of drug-likeness (QED) is 0.777. The number of aryl methyl sites for hydroxylation is 2. The van der Waals surface area contributed by atoms with Gasteiger partial charge in [0.05, 0.1) is 10.7 Å². The third kappa shape index (κ3) is 4.96. The third-order valence-corrected chi connectivity index (χ3v) is 5.75. The minimum atomic E-state index is -0.532. The zero-order valence-electron chi connectivity index (χ0n) is 16.4. The lowest BCUT2D eigenvalue weighted by atomic mass is 9.82. The van der Waals surface area contributed by atoms with Gasteiger partial charge in [0.25, 0.3) is 5.91 Å². The van der Waals surface area contributed by atoms with E-state index in [1.54, 1.807) is 12.3 Å². The summed E-state index contributed by atoms with van der Waals surface area (Å²) in [5, 5.41) is 6.71. The Morgan fingerprint density at radius 1 is 1.18 bits per heavy atom. The predicted molar refractivity (Wildman–Crippen MR) is 110 cm³/mol. The van der Waals surface area contributed by atoms with E-state index in [-0.39, 0.29) is 11.8 Å². The van der Waals surface area contributed by atoms with Crippen LogP contribution in [0.2, 0.25) is 0 Å². The molecule has 6 nitrogen and oxygen atoms in total. The molecule has 0 unspecified atom stereocenters. The normalized spacial score (nSPS) is 15.2. The molecular formula is C21H24N4O2S. The van der Waals surface area contributed by atoms with E-state index < -0.39 is 5.54 Å². The molecule has 1 aliphatic carbocycles. The van der Waals surface area contributed by atoms with Gasteiger partial charge in [0.1, 0.15) is 16.2 Å². The van der Waals surface area contributed by atoms with E-state index in [9.17, 15) is 9.59 Å². The van der Waals surface area contributed by atoms with Crippen molar-refractivity contribution < 1.29 is 9.59 Å². The van der Waals surface area contributed by atoms with E-state index in [4.69, 9.17) is 0 Å². The smallest absolute Gasteiger partial charge is 0.264 e. The molecule has 0 aromatic carbocycles. The van der Waals surface area contributed by atoms with Crippen molar-refractivity contribution in [3.05, 3.63) is 39.5 Å². The first-order chi connectivity index (χ1) is 13.4. The second-order valence-electron chi connectivity index (χ2n) is 7.11. The van der Waals surface area contributed by atoms with Crippen molar-refractivity contribution in [2.45, 2.75) is 58.4 Å². The van der Waals surface area contributed by atoms with Crippen molar-refractivity contribution in [2.75, 3.05) is 5.32 Å². The van der Waals surface area contributed by atoms with Gasteiger partial charge in [-0.25, -0.2) is 9.97 Å². The number of nitrogens with one attached hydrogen (secondary N) is 2. The van der Waals surface area contributed by atoms with E-state index in [0.717, 1.165) is 48.4 Å². The minimum Gasteiger partial charge on any atom is -0.335 e. The molecular weight excluding hydrogens is 372 g/mol. The highest BCUT2D eigenvalue weighted by atomic mass is 32.1. The molecule has 1 aliphatic rings. The molecule has 7 heteroatoms. The molecule has 2 N–H and O–H groups in total. The summed E-state index contributed by atoms with van der Waals surface area (Å²) in [6.07, 6.45) is 6.53. The lowest BCUT2D eigenvalue weighted by molar-refractivity contribution is -0.114. The van der Waals surface area contributed by atoms with Gasteiger partial charge in [-0.15, -0.1) is 11.3 Å². The van der Waals surface area contributed by atoms with Crippen LogP contribution in [0.5, 0.6) is 0 Å². The number of hydrogen-bond acceptors (Lipinski definition) is 5. The molecule has 0 bridgehead atoms. The number of rotatable bonds is 3. The van der Waals surface area contributed by atoms with Gasteiger partial charge in [0.2, 0.25) is 5.91 Å². The highest BCUT2D eigenvalue weighted by Crippen LogP contribution is 2.29. The van der Waals surface area contributed by atoms with E-state index in [2.05, 4.69) is 32.4 Å². The number of nitrogens with zero attached hydrogens (tertiary/aromatic N) is 2. The first kappa shape index (κ1) is 20.0. The second kappa shape index (κ2) is 8.53. The van der Waals surface area contributed by atoms with Crippen molar-refractivity contribution in [3.8, 4) is 11.8 Å². The van der Waals surface area contributed by atoms with Crippen LogP contribution in [0, 0.1) is 25.7 Å². The number of amides is 2. The molecule has 1 saturated carbocycles. The van der Waals surface area contributed by atoms with E-state index in [1.807, 2.05) is 19.9 Å². The second-order valence-corrected chi connectivity index (χ2v) is 8.31. The van der Waals surface area contributed by atoms with Crippen LogP contribution in [0.15, 0.2) is 18.3 Å². The zero-order valence-corrected chi connectivity index (χ0v) is 17.2. The Kier molecular flexibility index (Phi) is 6.10. The Morgan fingerprint density at radius 2 is 1.93 bits per heavy atom. The van der Waals surface area contributed by atoms with Crippen molar-refractivity contribution in [3.63, 3.8) is 0 Å². The topological polar surface area (TPSA) is 84.0 Å². The number of thiazole rings is 1. The molecule has 0 spiro atoms. The van der Waals surface area contributed by atoms with Crippen LogP contribution in [-0.4, -0.2) is 27.3 Å². The number of hydrogen-bond donors (Lipinski definition) is 2. The number of aromatic nitrogens is 2. The van der Waals surface area contributed by atoms with Gasteiger partial charge < -0.3 is 10.6 Å². The first-order valence-corrected chi connectivity index (χ1v) is 10.2. The summed E-state index contributed by atoms with van der Waals surface area (Å²) < 4.78 is 0. The maximum absolute atomic E-state index is 12.8. The standard InChI is InChI=1S/C21H24N4O2S/c1-14-19(28-16(3)23-14)20(27)25-21(10-5-4-6-11-21)12-9-17-7-8-18(22-13-17)24-15(2)26/h7-8,13H,4-6,10-11H2,1-3H3,(H,25,27)(H,22,24,26). The summed E-state index contributed by atoms with van der Waals surface area (Å²) in [6, 6.07) is 3.54. The summed E-state index contributed by atoms with van der Waals surface area (Å²) in [5.41, 5.74) is 0.977. The highest BCUT2D eigenvalue weighted by Gasteiger charge is 2.33. The van der Waals surface area contributed by atoms with Crippen LogP contribution >= 0.6 is 11.3 Å². The fourth-order valence-electron chi connectivity index (χ4n) is 3.37.